The van der Waals surface area contributed by atoms with Gasteiger partial charge in [-0.05, 0) is 24.3 Å². The molecule has 2 amide bonds. The smallest absolute Gasteiger partial charge is 0.265 e. The molecule has 0 unspecified atom stereocenters. The zero-order valence-corrected chi connectivity index (χ0v) is 14.9. The van der Waals surface area contributed by atoms with Gasteiger partial charge in [-0.3, -0.25) is 9.59 Å². The molecule has 0 spiro atoms. The summed E-state index contributed by atoms with van der Waals surface area (Å²) in [6.07, 6.45) is -0.916. The predicted molar refractivity (Wildman–Crippen MR) is 96.3 cm³/mol. The van der Waals surface area contributed by atoms with Crippen molar-refractivity contribution in [1.82, 2.24) is 4.90 Å². The lowest BCUT2D eigenvalue weighted by Gasteiger charge is -2.37. The molecule has 0 bridgehead atoms. The van der Waals surface area contributed by atoms with Gasteiger partial charge >= 0.3 is 0 Å². The second kappa shape index (κ2) is 7.55. The normalized spacial score (nSPS) is 19.0. The van der Waals surface area contributed by atoms with Crippen molar-refractivity contribution in [3.05, 3.63) is 59.7 Å². The molecule has 0 N–H and O–H groups in total. The van der Waals surface area contributed by atoms with Crippen molar-refractivity contribution in [2.45, 2.75) is 6.10 Å². The first-order valence-corrected chi connectivity index (χ1v) is 8.94. The lowest BCUT2D eigenvalue weighted by atomic mass is 10.1. The van der Waals surface area contributed by atoms with Gasteiger partial charge in [-0.25, -0.2) is 8.78 Å². The number of anilines is 1. The summed E-state index contributed by atoms with van der Waals surface area (Å²) in [6.45, 7) is 1.71. The van der Waals surface area contributed by atoms with Gasteiger partial charge in [0, 0.05) is 19.2 Å². The van der Waals surface area contributed by atoms with Crippen molar-refractivity contribution in [2.24, 2.45) is 0 Å². The Morgan fingerprint density at radius 3 is 2.54 bits per heavy atom. The predicted octanol–water partition coefficient (Wildman–Crippen LogP) is 2.23. The highest BCUT2D eigenvalue weighted by Gasteiger charge is 2.37. The minimum absolute atomic E-state index is 0.0666. The molecular weight excluding hydrogens is 370 g/mol. The minimum atomic E-state index is -0.954. The molecule has 1 saturated heterocycles. The van der Waals surface area contributed by atoms with Crippen LogP contribution in [-0.2, 0) is 9.53 Å². The minimum Gasteiger partial charge on any atom is -0.476 e. The molecule has 146 valence electrons. The Balaban J connectivity index is 1.65. The Bertz CT molecular complexity index is 915. The summed E-state index contributed by atoms with van der Waals surface area (Å²) in [7, 11) is 0. The summed E-state index contributed by atoms with van der Waals surface area (Å²) in [5.41, 5.74) is 0.165. The van der Waals surface area contributed by atoms with Crippen LogP contribution in [0.15, 0.2) is 42.5 Å². The molecule has 2 aliphatic rings. The molecule has 0 radical (unpaired) electrons. The van der Waals surface area contributed by atoms with Crippen LogP contribution < -0.4 is 9.64 Å². The highest BCUT2D eigenvalue weighted by molar-refractivity contribution is 6.08. The Kier molecular flexibility index (Phi) is 4.95. The largest absolute Gasteiger partial charge is 0.476 e. The standard InChI is InChI=1S/C20H18F2N2O4/c21-13-5-6-14(15(22)11-13)19(25)24-12-18(20(26)23-7-9-27-10-8-23)28-17-4-2-1-3-16(17)24/h1-6,11,18H,7-10,12H2/t18-/m0/s1. The van der Waals surface area contributed by atoms with Crippen LogP contribution in [0.4, 0.5) is 14.5 Å². The van der Waals surface area contributed by atoms with E-state index in [4.69, 9.17) is 9.47 Å². The Morgan fingerprint density at radius 2 is 1.79 bits per heavy atom. The molecule has 28 heavy (non-hydrogen) atoms. The number of hydrogen-bond donors (Lipinski definition) is 0. The first-order chi connectivity index (χ1) is 13.5. The Labute approximate surface area is 160 Å². The zero-order valence-electron chi connectivity index (χ0n) is 14.9. The maximum Gasteiger partial charge on any atom is 0.265 e. The van der Waals surface area contributed by atoms with Crippen LogP contribution >= 0.6 is 0 Å². The maximum atomic E-state index is 14.2. The monoisotopic (exact) mass is 388 g/mol. The summed E-state index contributed by atoms with van der Waals surface area (Å²) in [4.78, 5) is 28.8. The topological polar surface area (TPSA) is 59.1 Å². The van der Waals surface area contributed by atoms with E-state index in [-0.39, 0.29) is 18.0 Å². The van der Waals surface area contributed by atoms with Crippen molar-refractivity contribution in [3.8, 4) is 5.75 Å². The quantitative estimate of drug-likeness (QED) is 0.792. The number of morpholine rings is 1. The van der Waals surface area contributed by atoms with Crippen LogP contribution in [0.1, 0.15) is 10.4 Å². The second-order valence-electron chi connectivity index (χ2n) is 6.55. The maximum absolute atomic E-state index is 14.2. The third-order valence-electron chi connectivity index (χ3n) is 4.78. The molecule has 0 aliphatic carbocycles. The average molecular weight is 388 g/mol. The molecule has 8 heteroatoms. The highest BCUT2D eigenvalue weighted by atomic mass is 19.1. The Morgan fingerprint density at radius 1 is 1.04 bits per heavy atom. The first-order valence-electron chi connectivity index (χ1n) is 8.94. The number of ether oxygens (including phenoxy) is 2. The lowest BCUT2D eigenvalue weighted by molar-refractivity contribution is -0.142. The van der Waals surface area contributed by atoms with Crippen LogP contribution in [0, 0.1) is 11.6 Å². The van der Waals surface area contributed by atoms with Crippen LogP contribution in [-0.4, -0.2) is 55.7 Å². The van der Waals surface area contributed by atoms with Gasteiger partial charge in [-0.1, -0.05) is 12.1 Å². The van der Waals surface area contributed by atoms with Gasteiger partial charge in [0.25, 0.3) is 11.8 Å². The van der Waals surface area contributed by atoms with Gasteiger partial charge in [0.15, 0.2) is 6.10 Å². The molecule has 0 saturated carbocycles. The number of rotatable bonds is 2. The van der Waals surface area contributed by atoms with E-state index in [1.54, 1.807) is 29.2 Å². The third kappa shape index (κ3) is 3.43. The summed E-state index contributed by atoms with van der Waals surface area (Å²) in [5, 5.41) is 0. The molecule has 6 nitrogen and oxygen atoms in total. The number of fused-ring (bicyclic) bond motifs is 1. The van der Waals surface area contributed by atoms with Crippen LogP contribution in [0.2, 0.25) is 0 Å². The van der Waals surface area contributed by atoms with Crippen molar-refractivity contribution in [3.63, 3.8) is 0 Å². The van der Waals surface area contributed by atoms with Gasteiger partial charge < -0.3 is 19.3 Å². The fourth-order valence-corrected chi connectivity index (χ4v) is 3.35. The lowest BCUT2D eigenvalue weighted by Crippen LogP contribution is -2.54. The van der Waals surface area contributed by atoms with Crippen LogP contribution in [0.3, 0.4) is 0 Å². The van der Waals surface area contributed by atoms with E-state index < -0.39 is 23.6 Å². The third-order valence-corrected chi connectivity index (χ3v) is 4.78. The summed E-state index contributed by atoms with van der Waals surface area (Å²) in [5.74, 6) is -2.28. The number of hydrogen-bond acceptors (Lipinski definition) is 4. The molecule has 0 aromatic heterocycles. The van der Waals surface area contributed by atoms with Gasteiger partial charge in [0.1, 0.15) is 17.4 Å². The fraction of sp³-hybridized carbons (Fsp3) is 0.300. The van der Waals surface area contributed by atoms with Crippen molar-refractivity contribution >= 4 is 17.5 Å². The summed E-state index contributed by atoms with van der Waals surface area (Å²) >= 11 is 0. The van der Waals surface area contributed by atoms with Crippen LogP contribution in [0.5, 0.6) is 5.75 Å². The molecule has 1 atom stereocenters. The van der Waals surface area contributed by atoms with Gasteiger partial charge in [0.05, 0.1) is 31.0 Å². The SMILES string of the molecule is O=C([C@@H]1CN(C(=O)c2ccc(F)cc2F)c2ccccc2O1)N1CCOCC1. The van der Waals surface area contributed by atoms with E-state index in [2.05, 4.69) is 0 Å². The number of nitrogens with zero attached hydrogens (tertiary/aromatic N) is 2. The molecule has 1 fully saturated rings. The number of para-hydroxylation sites is 2. The van der Waals surface area contributed by atoms with E-state index in [9.17, 15) is 18.4 Å². The van der Waals surface area contributed by atoms with Crippen molar-refractivity contribution in [1.29, 1.82) is 0 Å². The number of carbonyl (C=O) groups excluding carboxylic acids is 2. The van der Waals surface area contributed by atoms with E-state index in [1.807, 2.05) is 0 Å². The van der Waals surface area contributed by atoms with Gasteiger partial charge in [-0.15, -0.1) is 0 Å². The number of amides is 2. The molecular formula is C20H18F2N2O4. The van der Waals surface area contributed by atoms with E-state index in [1.165, 1.54) is 4.90 Å². The fourth-order valence-electron chi connectivity index (χ4n) is 3.35. The van der Waals surface area contributed by atoms with Crippen LogP contribution in [0.25, 0.3) is 0 Å². The van der Waals surface area contributed by atoms with Crippen molar-refractivity contribution < 1.29 is 27.8 Å². The number of halogens is 2. The van der Waals surface area contributed by atoms with Gasteiger partial charge in [0.2, 0.25) is 0 Å². The summed E-state index contributed by atoms with van der Waals surface area (Å²) < 4.78 is 38.5. The molecule has 2 aromatic carbocycles. The molecule has 2 heterocycles. The van der Waals surface area contributed by atoms with E-state index in [0.29, 0.717) is 43.8 Å². The van der Waals surface area contributed by atoms with Crippen molar-refractivity contribution in [2.75, 3.05) is 37.7 Å². The molecule has 4 rings (SSSR count). The average Bonchev–Trinajstić information content (AvgIpc) is 2.72. The highest BCUT2D eigenvalue weighted by Crippen LogP contribution is 2.34. The Hall–Kier alpha value is -3.00. The number of carbonyl (C=O) groups is 2. The van der Waals surface area contributed by atoms with E-state index >= 15 is 0 Å². The molecule has 2 aliphatic heterocycles. The first kappa shape index (κ1) is 18.4. The second-order valence-corrected chi connectivity index (χ2v) is 6.55. The van der Waals surface area contributed by atoms with Gasteiger partial charge in [-0.2, -0.15) is 0 Å². The zero-order chi connectivity index (χ0) is 19.7. The number of benzene rings is 2. The molecule has 2 aromatic rings. The summed E-state index contributed by atoms with van der Waals surface area (Å²) in [6, 6.07) is 9.54. The van der Waals surface area contributed by atoms with E-state index in [0.717, 1.165) is 12.1 Å².